The number of pyridine rings is 1. The summed E-state index contributed by atoms with van der Waals surface area (Å²) in [5.41, 5.74) is 0.108. The van der Waals surface area contributed by atoms with Gasteiger partial charge in [0.1, 0.15) is 0 Å². The molecule has 0 aliphatic carbocycles. The maximum absolute atomic E-state index is 12.9. The normalized spacial score (nSPS) is 17.4. The Hall–Kier alpha value is -2.47. The van der Waals surface area contributed by atoms with E-state index in [-0.39, 0.29) is 51.0 Å². The molecule has 1 N–H and O–H groups in total. The number of hydrogen-bond acceptors (Lipinski definition) is 9. The van der Waals surface area contributed by atoms with Crippen molar-refractivity contribution in [1.29, 1.82) is 0 Å². The van der Waals surface area contributed by atoms with Crippen molar-refractivity contribution in [1.82, 2.24) is 19.9 Å². The lowest BCUT2D eigenvalue weighted by molar-refractivity contribution is -0.130. The average Bonchev–Trinajstić information content (AvgIpc) is 3.10. The summed E-state index contributed by atoms with van der Waals surface area (Å²) in [7, 11) is -1.90. The van der Waals surface area contributed by atoms with Gasteiger partial charge in [0.05, 0.1) is 35.3 Å². The molecular formula is C20H26N4O6S2. The van der Waals surface area contributed by atoms with Crippen LogP contribution in [0, 0.1) is 6.92 Å². The Bertz CT molecular complexity index is 1190. The van der Waals surface area contributed by atoms with Crippen LogP contribution >= 0.6 is 11.8 Å². The smallest absolute Gasteiger partial charge is 0.338 e. The number of sulfone groups is 1. The molecule has 1 aliphatic rings. The molecule has 32 heavy (non-hydrogen) atoms. The van der Waals surface area contributed by atoms with Crippen molar-refractivity contribution in [2.24, 2.45) is 0 Å². The number of hydrogen-bond donors (Lipinski definition) is 1. The fourth-order valence-electron chi connectivity index (χ4n) is 3.66. The van der Waals surface area contributed by atoms with Gasteiger partial charge in [-0.2, -0.15) is 0 Å². The van der Waals surface area contributed by atoms with Crippen molar-refractivity contribution in [2.45, 2.75) is 44.3 Å². The number of aromatic nitrogens is 3. The van der Waals surface area contributed by atoms with Gasteiger partial charge in [-0.15, -0.1) is 0 Å². The van der Waals surface area contributed by atoms with Crippen LogP contribution in [0.3, 0.4) is 0 Å². The fraction of sp³-hybridized carbons (Fsp3) is 0.550. The Morgan fingerprint density at radius 1 is 1.34 bits per heavy atom. The zero-order chi connectivity index (χ0) is 23.5. The molecule has 3 rings (SSSR count). The summed E-state index contributed by atoms with van der Waals surface area (Å²) in [6.45, 7) is 4.16. The van der Waals surface area contributed by atoms with Crippen LogP contribution < -0.4 is 5.56 Å². The topological polar surface area (TPSA) is 139 Å². The number of aryl methyl sites for hydroxylation is 1. The summed E-state index contributed by atoms with van der Waals surface area (Å²) in [4.78, 5) is 50.4. The van der Waals surface area contributed by atoms with Gasteiger partial charge in [-0.05, 0) is 25.8 Å². The number of esters is 1. The van der Waals surface area contributed by atoms with Gasteiger partial charge >= 0.3 is 5.97 Å². The van der Waals surface area contributed by atoms with E-state index in [0.29, 0.717) is 18.7 Å². The van der Waals surface area contributed by atoms with Gasteiger partial charge in [-0.1, -0.05) is 25.1 Å². The van der Waals surface area contributed by atoms with Crippen molar-refractivity contribution in [2.75, 3.05) is 30.9 Å². The minimum Gasteiger partial charge on any atom is -0.465 e. The molecule has 0 saturated carbocycles. The van der Waals surface area contributed by atoms with Gasteiger partial charge in [-0.25, -0.2) is 23.2 Å². The number of amides is 1. The van der Waals surface area contributed by atoms with Crippen LogP contribution in [0.1, 0.15) is 42.2 Å². The van der Waals surface area contributed by atoms with E-state index in [4.69, 9.17) is 4.74 Å². The van der Waals surface area contributed by atoms with Crippen molar-refractivity contribution in [3.05, 3.63) is 27.7 Å². The van der Waals surface area contributed by atoms with Crippen molar-refractivity contribution >= 4 is 44.5 Å². The Kier molecular flexibility index (Phi) is 7.55. The van der Waals surface area contributed by atoms with Crippen LogP contribution in [0.4, 0.5) is 0 Å². The molecular weight excluding hydrogens is 456 g/mol. The molecule has 12 heteroatoms. The third-order valence-electron chi connectivity index (χ3n) is 5.24. The van der Waals surface area contributed by atoms with E-state index >= 15 is 0 Å². The maximum atomic E-state index is 12.9. The lowest BCUT2D eigenvalue weighted by Gasteiger charge is -2.28. The van der Waals surface area contributed by atoms with E-state index in [1.807, 2.05) is 6.92 Å². The second-order valence-corrected chi connectivity index (χ2v) is 10.9. The SMILES string of the molecule is CCCCN(C(=O)CSc1nc2nc(C)cc(C(=O)OC)c2c(=O)[nH]1)C1CCS(=O)(=O)C1. The number of carbonyl (C=O) groups excluding carboxylic acids is 2. The molecule has 0 bridgehead atoms. The molecule has 10 nitrogen and oxygen atoms in total. The van der Waals surface area contributed by atoms with Gasteiger partial charge in [0, 0.05) is 18.3 Å². The minimum absolute atomic E-state index is 0.00954. The lowest BCUT2D eigenvalue weighted by atomic mass is 10.1. The highest BCUT2D eigenvalue weighted by Gasteiger charge is 2.34. The summed E-state index contributed by atoms with van der Waals surface area (Å²) < 4.78 is 28.5. The third kappa shape index (κ3) is 5.47. The highest BCUT2D eigenvalue weighted by atomic mass is 32.2. The van der Waals surface area contributed by atoms with E-state index in [0.717, 1.165) is 24.6 Å². The summed E-state index contributed by atoms with van der Waals surface area (Å²) >= 11 is 1.04. The molecule has 1 aliphatic heterocycles. The van der Waals surface area contributed by atoms with Crippen molar-refractivity contribution in [3.63, 3.8) is 0 Å². The molecule has 2 aromatic heterocycles. The number of unbranched alkanes of at least 4 members (excludes halogenated alkanes) is 1. The number of nitrogens with one attached hydrogen (secondary N) is 1. The summed E-state index contributed by atoms with van der Waals surface area (Å²) in [6.07, 6.45) is 2.09. The summed E-state index contributed by atoms with van der Waals surface area (Å²) in [5, 5.41) is 0.220. The van der Waals surface area contributed by atoms with Gasteiger partial charge in [0.2, 0.25) is 5.91 Å². The number of methoxy groups -OCH3 is 1. The van der Waals surface area contributed by atoms with Crippen LogP contribution in [0.25, 0.3) is 11.0 Å². The highest BCUT2D eigenvalue weighted by molar-refractivity contribution is 7.99. The van der Waals surface area contributed by atoms with Crippen LogP contribution in [0.2, 0.25) is 0 Å². The number of carbonyl (C=O) groups is 2. The maximum Gasteiger partial charge on any atom is 0.338 e. The molecule has 1 atom stereocenters. The van der Waals surface area contributed by atoms with Crippen LogP contribution in [0.15, 0.2) is 16.0 Å². The Morgan fingerprint density at radius 3 is 2.72 bits per heavy atom. The number of aromatic amines is 1. The number of H-pyrrole nitrogens is 1. The van der Waals surface area contributed by atoms with Crippen molar-refractivity contribution in [3.8, 4) is 0 Å². The first kappa shape index (κ1) is 24.2. The molecule has 1 fully saturated rings. The van der Waals surface area contributed by atoms with Gasteiger partial charge < -0.3 is 14.6 Å². The molecule has 1 amide bonds. The second-order valence-electron chi connectivity index (χ2n) is 7.66. The summed E-state index contributed by atoms with van der Waals surface area (Å²) in [5.74, 6) is -0.808. The first-order valence-electron chi connectivity index (χ1n) is 10.3. The van der Waals surface area contributed by atoms with Crippen LogP contribution in [-0.4, -0.2) is 77.1 Å². The zero-order valence-electron chi connectivity index (χ0n) is 18.2. The Labute approximate surface area is 190 Å². The third-order valence-corrected chi connectivity index (χ3v) is 7.85. The van der Waals surface area contributed by atoms with Crippen LogP contribution in [0.5, 0.6) is 0 Å². The minimum atomic E-state index is -3.12. The van der Waals surface area contributed by atoms with E-state index in [9.17, 15) is 22.8 Å². The Balaban J connectivity index is 1.82. The molecule has 1 saturated heterocycles. The van der Waals surface area contributed by atoms with Gasteiger partial charge in [0.15, 0.2) is 20.6 Å². The molecule has 0 radical (unpaired) electrons. The molecule has 1 unspecified atom stereocenters. The molecule has 0 aromatic carbocycles. The zero-order valence-corrected chi connectivity index (χ0v) is 19.8. The van der Waals surface area contributed by atoms with E-state index in [2.05, 4.69) is 15.0 Å². The average molecular weight is 483 g/mol. The predicted molar refractivity (Wildman–Crippen MR) is 121 cm³/mol. The highest BCUT2D eigenvalue weighted by Crippen LogP contribution is 2.22. The number of fused-ring (bicyclic) bond motifs is 1. The number of rotatable bonds is 8. The van der Waals surface area contributed by atoms with Gasteiger partial charge in [-0.3, -0.25) is 9.59 Å². The van der Waals surface area contributed by atoms with Gasteiger partial charge in [0.25, 0.3) is 5.56 Å². The van der Waals surface area contributed by atoms with E-state index in [1.165, 1.54) is 13.2 Å². The predicted octanol–water partition coefficient (Wildman–Crippen LogP) is 1.32. The standard InChI is InChI=1S/C20H26N4O6S2/c1-4-5-7-24(13-6-8-32(28,29)11-13)15(25)10-31-20-22-17-16(18(26)23-20)14(19(27)30-3)9-12(2)21-17/h9,13H,4-8,10-11H2,1-3H3,(H,21,22,23,26). The quantitative estimate of drug-likeness (QED) is 0.335. The second kappa shape index (κ2) is 9.99. The first-order valence-corrected chi connectivity index (χ1v) is 13.1. The molecule has 2 aromatic rings. The summed E-state index contributed by atoms with van der Waals surface area (Å²) in [6, 6.07) is 1.14. The Morgan fingerprint density at radius 2 is 2.09 bits per heavy atom. The fourth-order valence-corrected chi connectivity index (χ4v) is 6.13. The first-order chi connectivity index (χ1) is 15.1. The lowest BCUT2D eigenvalue weighted by Crippen LogP contribution is -2.42. The van der Waals surface area contributed by atoms with Crippen molar-refractivity contribution < 1.29 is 22.7 Å². The van der Waals surface area contributed by atoms with E-state index < -0.39 is 21.4 Å². The number of nitrogens with zero attached hydrogens (tertiary/aromatic N) is 3. The molecule has 174 valence electrons. The monoisotopic (exact) mass is 482 g/mol. The number of thioether (sulfide) groups is 1. The number of ether oxygens (including phenoxy) is 1. The molecule has 3 heterocycles. The van der Waals surface area contributed by atoms with Crippen LogP contribution in [-0.2, 0) is 19.4 Å². The molecule has 0 spiro atoms. The largest absolute Gasteiger partial charge is 0.465 e. The van der Waals surface area contributed by atoms with E-state index in [1.54, 1.807) is 11.8 Å².